The molecule has 0 amide bonds. The van der Waals surface area contributed by atoms with Gasteiger partial charge in [-0.3, -0.25) is 4.68 Å². The van der Waals surface area contributed by atoms with Crippen LogP contribution in [0.1, 0.15) is 38.0 Å². The molecule has 3 rings (SSSR count). The van der Waals surface area contributed by atoms with Crippen molar-refractivity contribution < 1.29 is 4.74 Å². The quantitative estimate of drug-likeness (QED) is 0.569. The van der Waals surface area contributed by atoms with Crippen LogP contribution in [0.5, 0.6) is 0 Å². The maximum Gasteiger partial charge on any atom is 0.194 e. The Hall–Kier alpha value is -2.61. The van der Waals surface area contributed by atoms with Crippen molar-refractivity contribution in [1.29, 1.82) is 0 Å². The van der Waals surface area contributed by atoms with Gasteiger partial charge < -0.3 is 19.9 Å². The second-order valence-electron chi connectivity index (χ2n) is 7.12. The van der Waals surface area contributed by atoms with Gasteiger partial charge >= 0.3 is 0 Å². The van der Waals surface area contributed by atoms with E-state index in [4.69, 9.17) is 9.73 Å². The van der Waals surface area contributed by atoms with E-state index in [9.17, 15) is 0 Å². The number of anilines is 1. The molecule has 8 heteroatoms. The molecular weight excluding hydrogens is 366 g/mol. The molecule has 1 atom stereocenters. The van der Waals surface area contributed by atoms with Crippen LogP contribution in [0.3, 0.4) is 0 Å². The third kappa shape index (κ3) is 5.47. The molecule has 0 radical (unpaired) electrons. The lowest BCUT2D eigenvalue weighted by Gasteiger charge is -2.34. The van der Waals surface area contributed by atoms with Crippen LogP contribution in [0.4, 0.5) is 5.82 Å². The highest BCUT2D eigenvalue weighted by atomic mass is 16.5. The summed E-state index contributed by atoms with van der Waals surface area (Å²) in [5.41, 5.74) is 2.21. The highest BCUT2D eigenvalue weighted by Gasteiger charge is 2.25. The van der Waals surface area contributed by atoms with Crippen LogP contribution in [-0.2, 0) is 18.3 Å². The van der Waals surface area contributed by atoms with Crippen molar-refractivity contribution in [2.45, 2.75) is 33.4 Å². The summed E-state index contributed by atoms with van der Waals surface area (Å²) in [4.78, 5) is 14.0. The van der Waals surface area contributed by atoms with E-state index in [-0.39, 0.29) is 6.10 Å². The van der Waals surface area contributed by atoms with Gasteiger partial charge in [-0.2, -0.15) is 5.10 Å². The standard InChI is InChI=1S/C21H33N7O/c1-5-22-21(24-13-17-8-9-20(23-12-17)27(6-2)7-3)28-10-11-29-19(16-28)18-14-25-26(4)15-18/h8-9,12,14-15,19H,5-7,10-11,13,16H2,1-4H3,(H,22,24). The van der Waals surface area contributed by atoms with Crippen LogP contribution in [0.2, 0.25) is 0 Å². The van der Waals surface area contributed by atoms with E-state index in [1.165, 1.54) is 0 Å². The molecule has 1 unspecified atom stereocenters. The van der Waals surface area contributed by atoms with Gasteiger partial charge in [-0.25, -0.2) is 9.98 Å². The summed E-state index contributed by atoms with van der Waals surface area (Å²) in [7, 11) is 1.93. The molecule has 29 heavy (non-hydrogen) atoms. The van der Waals surface area contributed by atoms with Crippen molar-refractivity contribution in [2.24, 2.45) is 12.0 Å². The predicted molar refractivity (Wildman–Crippen MR) is 116 cm³/mol. The maximum atomic E-state index is 5.96. The average molecular weight is 400 g/mol. The smallest absolute Gasteiger partial charge is 0.194 e. The van der Waals surface area contributed by atoms with E-state index in [1.54, 1.807) is 0 Å². The largest absolute Gasteiger partial charge is 0.370 e. The van der Waals surface area contributed by atoms with E-state index in [0.717, 1.165) is 55.6 Å². The second kappa shape index (κ2) is 10.2. The molecule has 1 fully saturated rings. The van der Waals surface area contributed by atoms with Crippen LogP contribution in [0, 0.1) is 0 Å². The number of morpholine rings is 1. The van der Waals surface area contributed by atoms with Crippen molar-refractivity contribution in [1.82, 2.24) is 25.0 Å². The van der Waals surface area contributed by atoms with Crippen molar-refractivity contribution in [3.8, 4) is 0 Å². The van der Waals surface area contributed by atoms with Gasteiger partial charge in [-0.15, -0.1) is 0 Å². The molecule has 0 spiro atoms. The van der Waals surface area contributed by atoms with Gasteiger partial charge in [0.25, 0.3) is 0 Å². The zero-order chi connectivity index (χ0) is 20.6. The Morgan fingerprint density at radius 1 is 1.28 bits per heavy atom. The van der Waals surface area contributed by atoms with Gasteiger partial charge in [0.15, 0.2) is 5.96 Å². The molecule has 0 aliphatic carbocycles. The Labute approximate surface area is 173 Å². The van der Waals surface area contributed by atoms with Crippen LogP contribution in [0.25, 0.3) is 0 Å². The number of rotatable bonds is 7. The number of aryl methyl sites for hydroxylation is 1. The summed E-state index contributed by atoms with van der Waals surface area (Å²) in [6, 6.07) is 4.20. The number of aliphatic imine (C=N–C) groups is 1. The number of hydrogen-bond donors (Lipinski definition) is 1. The van der Waals surface area contributed by atoms with E-state index in [2.05, 4.69) is 58.1 Å². The molecule has 158 valence electrons. The number of aromatic nitrogens is 3. The topological polar surface area (TPSA) is 70.8 Å². The summed E-state index contributed by atoms with van der Waals surface area (Å²) in [5, 5.41) is 7.69. The van der Waals surface area contributed by atoms with Crippen LogP contribution in [0.15, 0.2) is 35.7 Å². The number of ether oxygens (including phenoxy) is 1. The number of nitrogens with zero attached hydrogens (tertiary/aromatic N) is 6. The van der Waals surface area contributed by atoms with Crippen molar-refractivity contribution in [3.63, 3.8) is 0 Å². The van der Waals surface area contributed by atoms with E-state index in [1.807, 2.05) is 30.3 Å². The molecule has 0 bridgehead atoms. The summed E-state index contributed by atoms with van der Waals surface area (Å²) in [5.74, 6) is 1.93. The average Bonchev–Trinajstić information content (AvgIpc) is 3.19. The predicted octanol–water partition coefficient (Wildman–Crippen LogP) is 2.20. The maximum absolute atomic E-state index is 5.96. The van der Waals surface area contributed by atoms with E-state index < -0.39 is 0 Å². The lowest BCUT2D eigenvalue weighted by Crippen LogP contribution is -2.48. The molecule has 2 aromatic heterocycles. The lowest BCUT2D eigenvalue weighted by atomic mass is 10.1. The minimum atomic E-state index is 0.0105. The Morgan fingerprint density at radius 2 is 2.10 bits per heavy atom. The summed E-state index contributed by atoms with van der Waals surface area (Å²) < 4.78 is 7.77. The summed E-state index contributed by atoms with van der Waals surface area (Å²) in [6.45, 7) is 12.0. The number of nitrogens with one attached hydrogen (secondary N) is 1. The van der Waals surface area contributed by atoms with E-state index >= 15 is 0 Å². The molecule has 1 aliphatic heterocycles. The fraction of sp³-hybridized carbons (Fsp3) is 0.571. The molecule has 1 aliphatic rings. The normalized spacial score (nSPS) is 17.4. The zero-order valence-corrected chi connectivity index (χ0v) is 18.0. The SMILES string of the molecule is CCNC(=NCc1ccc(N(CC)CC)nc1)N1CCOC(c2cnn(C)c2)C1. The van der Waals surface area contributed by atoms with Crippen LogP contribution in [-0.4, -0.2) is 65.0 Å². The van der Waals surface area contributed by atoms with Crippen LogP contribution < -0.4 is 10.2 Å². The molecular formula is C21H33N7O. The Bertz CT molecular complexity index is 783. The third-order valence-corrected chi connectivity index (χ3v) is 5.11. The molecule has 1 N–H and O–H groups in total. The molecule has 1 saturated heterocycles. The summed E-state index contributed by atoms with van der Waals surface area (Å²) in [6.07, 6.45) is 5.83. The molecule has 2 aromatic rings. The zero-order valence-electron chi connectivity index (χ0n) is 18.0. The van der Waals surface area contributed by atoms with Gasteiger partial charge in [0, 0.05) is 51.2 Å². The first-order chi connectivity index (χ1) is 14.1. The highest BCUT2D eigenvalue weighted by molar-refractivity contribution is 5.80. The minimum absolute atomic E-state index is 0.0105. The second-order valence-corrected chi connectivity index (χ2v) is 7.12. The molecule has 8 nitrogen and oxygen atoms in total. The minimum Gasteiger partial charge on any atom is -0.370 e. The fourth-order valence-electron chi connectivity index (χ4n) is 3.49. The number of hydrogen-bond acceptors (Lipinski definition) is 5. The molecule has 3 heterocycles. The third-order valence-electron chi connectivity index (χ3n) is 5.11. The molecule has 0 aromatic carbocycles. The molecule has 0 saturated carbocycles. The van der Waals surface area contributed by atoms with Gasteiger partial charge in [0.1, 0.15) is 11.9 Å². The highest BCUT2D eigenvalue weighted by Crippen LogP contribution is 2.21. The monoisotopic (exact) mass is 399 g/mol. The van der Waals surface area contributed by atoms with Gasteiger partial charge in [0.2, 0.25) is 0 Å². The fourth-order valence-corrected chi connectivity index (χ4v) is 3.49. The number of guanidine groups is 1. The Balaban J connectivity index is 1.67. The van der Waals surface area contributed by atoms with E-state index in [0.29, 0.717) is 13.2 Å². The van der Waals surface area contributed by atoms with Gasteiger partial charge in [-0.1, -0.05) is 6.07 Å². The summed E-state index contributed by atoms with van der Waals surface area (Å²) >= 11 is 0. The first-order valence-corrected chi connectivity index (χ1v) is 10.5. The Morgan fingerprint density at radius 3 is 2.72 bits per heavy atom. The number of pyridine rings is 1. The van der Waals surface area contributed by atoms with Crippen molar-refractivity contribution in [2.75, 3.05) is 44.2 Å². The lowest BCUT2D eigenvalue weighted by molar-refractivity contribution is -0.00805. The van der Waals surface area contributed by atoms with Gasteiger partial charge in [-0.05, 0) is 32.4 Å². The van der Waals surface area contributed by atoms with Gasteiger partial charge in [0.05, 0.1) is 25.9 Å². The van der Waals surface area contributed by atoms with Crippen LogP contribution >= 0.6 is 0 Å². The Kier molecular flexibility index (Phi) is 7.46. The first kappa shape index (κ1) is 21.1. The first-order valence-electron chi connectivity index (χ1n) is 10.5. The van der Waals surface area contributed by atoms with Crippen molar-refractivity contribution in [3.05, 3.63) is 41.9 Å². The van der Waals surface area contributed by atoms with Crippen molar-refractivity contribution >= 4 is 11.8 Å².